The van der Waals surface area contributed by atoms with Crippen LogP contribution < -0.4 is 0 Å². The first-order chi connectivity index (χ1) is 5.77. The Balaban J connectivity index is 3.47. The normalized spacial score (nSPS) is 13.4. The molecular weight excluding hydrogens is 184 g/mol. The highest BCUT2D eigenvalue weighted by atomic mass is 19.4. The summed E-state index contributed by atoms with van der Waals surface area (Å²) in [6.45, 7) is -2.27. The van der Waals surface area contributed by atoms with Crippen molar-refractivity contribution in [3.05, 3.63) is 0 Å². The van der Waals surface area contributed by atoms with E-state index in [2.05, 4.69) is 4.74 Å². The van der Waals surface area contributed by atoms with E-state index in [9.17, 15) is 12.9 Å². The van der Waals surface area contributed by atoms with E-state index in [1.165, 1.54) is 7.11 Å². The summed E-state index contributed by atoms with van der Waals surface area (Å²) in [7, 11) is 1.52. The summed E-state index contributed by atoms with van der Waals surface area (Å²) in [5.74, 6) is 0. The minimum atomic E-state index is -4.82. The molecule has 0 spiro atoms. The summed E-state index contributed by atoms with van der Waals surface area (Å²) in [4.78, 5) is 0. The van der Waals surface area contributed by atoms with Crippen molar-refractivity contribution in [3.63, 3.8) is 0 Å². The van der Waals surface area contributed by atoms with E-state index in [-0.39, 0.29) is 6.61 Å². The maximum Gasteiger partial charge on any atom is 0.503 e. The molecule has 6 heteroatoms. The maximum absolute atomic E-state index is 11.7. The molecule has 0 fully saturated rings. The van der Waals surface area contributed by atoms with E-state index in [0.717, 1.165) is 0 Å². The van der Waals surface area contributed by atoms with E-state index >= 15 is 0 Å². The van der Waals surface area contributed by atoms with Crippen LogP contribution in [0.3, 0.4) is 0 Å². The molecule has 0 aromatic rings. The molecule has 13 heavy (non-hydrogen) atoms. The largest absolute Gasteiger partial charge is 0.503 e. The quantitative estimate of drug-likeness (QED) is 0.482. The molecule has 0 N–H and O–H groups in total. The van der Waals surface area contributed by atoms with Gasteiger partial charge >= 0.3 is 6.98 Å². The number of hydrogen-bond acceptors (Lipinski definition) is 2. The van der Waals surface area contributed by atoms with E-state index in [0.29, 0.717) is 6.42 Å². The van der Waals surface area contributed by atoms with Gasteiger partial charge in [-0.1, -0.05) is 0 Å². The lowest BCUT2D eigenvalue weighted by molar-refractivity contribution is -0.00708. The van der Waals surface area contributed by atoms with Crippen LogP contribution >= 0.6 is 0 Å². The Morgan fingerprint density at radius 3 is 2.15 bits per heavy atom. The fraction of sp³-hybridized carbons (Fsp3) is 1.00. The van der Waals surface area contributed by atoms with E-state index < -0.39 is 19.1 Å². The summed E-state index contributed by atoms with van der Waals surface area (Å²) < 4.78 is 44.5. The molecule has 2 nitrogen and oxygen atoms in total. The van der Waals surface area contributed by atoms with Gasteiger partial charge < -0.3 is 22.4 Å². The van der Waals surface area contributed by atoms with Gasteiger partial charge in [0.25, 0.3) is 0 Å². The van der Waals surface area contributed by atoms with Gasteiger partial charge in [-0.2, -0.15) is 0 Å². The van der Waals surface area contributed by atoms with Crippen molar-refractivity contribution in [2.24, 2.45) is 0 Å². The first-order valence-corrected chi connectivity index (χ1v) is 4.11. The summed E-state index contributed by atoms with van der Waals surface area (Å²) in [6.07, 6.45) is 0.454. The Labute approximate surface area is 76.5 Å². The third-order valence-corrected chi connectivity index (χ3v) is 1.71. The minimum Gasteiger partial charge on any atom is -0.447 e. The van der Waals surface area contributed by atoms with Crippen LogP contribution in [0.4, 0.5) is 12.9 Å². The Hall–Kier alpha value is -0.225. The molecule has 0 saturated carbocycles. The number of hydrogen-bond donors (Lipinski definition) is 0. The van der Waals surface area contributed by atoms with Crippen LogP contribution in [0.2, 0.25) is 0 Å². The smallest absolute Gasteiger partial charge is 0.447 e. The van der Waals surface area contributed by atoms with E-state index in [1.807, 2.05) is 0 Å². The van der Waals surface area contributed by atoms with Gasteiger partial charge in [-0.25, -0.2) is 0 Å². The fourth-order valence-corrected chi connectivity index (χ4v) is 0.637. The lowest BCUT2D eigenvalue weighted by atomic mass is 9.95. The van der Waals surface area contributed by atoms with Crippen LogP contribution in [0.5, 0.6) is 0 Å². The third kappa shape index (κ3) is 8.11. The lowest BCUT2D eigenvalue weighted by Crippen LogP contribution is -2.28. The summed E-state index contributed by atoms with van der Waals surface area (Å²) in [5.41, 5.74) is -0.418. The van der Waals surface area contributed by atoms with Crippen molar-refractivity contribution in [3.8, 4) is 0 Å². The zero-order valence-corrected chi connectivity index (χ0v) is 8.15. The van der Waals surface area contributed by atoms with Crippen LogP contribution in [0.15, 0.2) is 0 Å². The molecule has 80 valence electrons. The minimum absolute atomic E-state index is 0.0715. The number of rotatable bonds is 6. The molecule has 0 amide bonds. The molecule has 0 atom stereocenters. The van der Waals surface area contributed by atoms with Crippen molar-refractivity contribution in [2.75, 3.05) is 20.2 Å². The zero-order valence-electron chi connectivity index (χ0n) is 8.15. The van der Waals surface area contributed by atoms with E-state index in [1.54, 1.807) is 13.8 Å². The van der Waals surface area contributed by atoms with Crippen LogP contribution in [0.25, 0.3) is 0 Å². The lowest BCUT2D eigenvalue weighted by Gasteiger charge is -2.23. The van der Waals surface area contributed by atoms with Gasteiger partial charge in [0.1, 0.15) is 0 Å². The Bertz CT molecular complexity index is 147. The predicted molar refractivity (Wildman–Crippen MR) is 45.6 cm³/mol. The van der Waals surface area contributed by atoms with Gasteiger partial charge in [0, 0.05) is 20.2 Å². The average Bonchev–Trinajstić information content (AvgIpc) is 1.97. The average molecular weight is 199 g/mol. The second-order valence-corrected chi connectivity index (χ2v) is 3.50. The molecule has 0 aliphatic heterocycles. The third-order valence-electron chi connectivity index (χ3n) is 1.71. The van der Waals surface area contributed by atoms with Crippen LogP contribution in [0.1, 0.15) is 20.3 Å². The first kappa shape index (κ1) is 12.8. The van der Waals surface area contributed by atoms with Crippen LogP contribution in [-0.4, -0.2) is 32.8 Å². The predicted octanol–water partition coefficient (Wildman–Crippen LogP) is 2.20. The van der Waals surface area contributed by atoms with Gasteiger partial charge in [0.2, 0.25) is 0 Å². The highest BCUT2D eigenvalue weighted by molar-refractivity contribution is 6.58. The molecule has 0 heterocycles. The van der Waals surface area contributed by atoms with Gasteiger partial charge in [-0.15, -0.1) is 0 Å². The first-order valence-electron chi connectivity index (χ1n) is 4.11. The SMILES string of the molecule is COC(C)(C)CCOC[B-](F)(F)F. The molecule has 0 radical (unpaired) electrons. The summed E-state index contributed by atoms with van der Waals surface area (Å²) in [6, 6.07) is 0. The summed E-state index contributed by atoms with van der Waals surface area (Å²) >= 11 is 0. The molecule has 0 bridgehead atoms. The number of methoxy groups -OCH3 is 1. The van der Waals surface area contributed by atoms with Gasteiger partial charge in [-0.05, 0) is 20.3 Å². The molecule has 0 saturated heterocycles. The second kappa shape index (κ2) is 4.86. The molecular formula is C7H15BF3O2-. The van der Waals surface area contributed by atoms with Crippen LogP contribution in [0, 0.1) is 0 Å². The molecule has 0 rings (SSSR count). The van der Waals surface area contributed by atoms with Gasteiger partial charge in [-0.3, -0.25) is 0 Å². The van der Waals surface area contributed by atoms with E-state index in [4.69, 9.17) is 4.74 Å². The van der Waals surface area contributed by atoms with Crippen LogP contribution in [-0.2, 0) is 9.47 Å². The monoisotopic (exact) mass is 199 g/mol. The van der Waals surface area contributed by atoms with Crippen molar-refractivity contribution in [1.29, 1.82) is 0 Å². The zero-order chi connectivity index (χ0) is 10.5. The Morgan fingerprint density at radius 2 is 1.77 bits per heavy atom. The van der Waals surface area contributed by atoms with Crippen molar-refractivity contribution < 1.29 is 22.4 Å². The topological polar surface area (TPSA) is 18.5 Å². The highest BCUT2D eigenvalue weighted by Gasteiger charge is 2.23. The van der Waals surface area contributed by atoms with Crippen molar-refractivity contribution in [1.82, 2.24) is 0 Å². The Morgan fingerprint density at radius 1 is 1.23 bits per heavy atom. The summed E-state index contributed by atoms with van der Waals surface area (Å²) in [5, 5.41) is 0. The molecule has 0 aliphatic rings. The van der Waals surface area contributed by atoms with Gasteiger partial charge in [0.05, 0.1) is 5.60 Å². The standard InChI is InChI=1S/C7H15BF3O2/c1-7(2,12-3)4-5-13-6-8(9,10)11/h4-6H2,1-3H3/q-1. The molecule has 0 aromatic carbocycles. The number of ether oxygens (including phenoxy) is 2. The number of halogens is 3. The second-order valence-electron chi connectivity index (χ2n) is 3.50. The fourth-order valence-electron chi connectivity index (χ4n) is 0.637. The van der Waals surface area contributed by atoms with Crippen molar-refractivity contribution in [2.45, 2.75) is 25.9 Å². The van der Waals surface area contributed by atoms with Gasteiger partial charge in [0.15, 0.2) is 0 Å². The Kier molecular flexibility index (Phi) is 4.77. The maximum atomic E-state index is 11.7. The molecule has 0 aromatic heterocycles. The molecule has 0 aliphatic carbocycles. The molecule has 0 unspecified atom stereocenters. The van der Waals surface area contributed by atoms with Crippen molar-refractivity contribution >= 4 is 6.98 Å². The highest BCUT2D eigenvalue weighted by Crippen LogP contribution is 2.14.